The highest BCUT2D eigenvalue weighted by Crippen LogP contribution is 2.39. The number of nitrogens with one attached hydrogen (secondary N) is 1. The van der Waals surface area contributed by atoms with Gasteiger partial charge in [-0.25, -0.2) is 4.68 Å². The summed E-state index contributed by atoms with van der Waals surface area (Å²) in [7, 11) is 0. The van der Waals surface area contributed by atoms with E-state index in [4.69, 9.17) is 4.74 Å². The number of nitrogens with zero attached hydrogens (tertiary/aromatic N) is 5. The third-order valence-electron chi connectivity index (χ3n) is 8.36. The van der Waals surface area contributed by atoms with Gasteiger partial charge in [-0.3, -0.25) is 9.78 Å². The Morgan fingerprint density at radius 2 is 2.00 bits per heavy atom. The minimum atomic E-state index is -0.273. The lowest BCUT2D eigenvalue weighted by atomic mass is 9.78. The summed E-state index contributed by atoms with van der Waals surface area (Å²) in [4.78, 5) is 21.3. The summed E-state index contributed by atoms with van der Waals surface area (Å²) in [5, 5.41) is 14.4. The molecule has 4 aromatic rings. The van der Waals surface area contributed by atoms with E-state index in [1.807, 2.05) is 29.1 Å². The van der Waals surface area contributed by atoms with E-state index < -0.39 is 0 Å². The van der Waals surface area contributed by atoms with E-state index >= 15 is 0 Å². The second-order valence-corrected chi connectivity index (χ2v) is 11.1. The molecule has 1 N–H and O–H groups in total. The lowest BCUT2D eigenvalue weighted by Gasteiger charge is -2.30. The van der Waals surface area contributed by atoms with Gasteiger partial charge in [0.1, 0.15) is 0 Å². The van der Waals surface area contributed by atoms with E-state index in [2.05, 4.69) is 50.6 Å². The molecular formula is C30H36N6O2. The fourth-order valence-electron chi connectivity index (χ4n) is 6.50. The van der Waals surface area contributed by atoms with Gasteiger partial charge < -0.3 is 9.72 Å². The predicted octanol–water partition coefficient (Wildman–Crippen LogP) is 5.28. The zero-order valence-electron chi connectivity index (χ0n) is 22.1. The molecule has 1 saturated carbocycles. The van der Waals surface area contributed by atoms with Crippen LogP contribution in [0.15, 0.2) is 53.6 Å². The van der Waals surface area contributed by atoms with Crippen LogP contribution in [0.4, 0.5) is 0 Å². The number of H-pyrrole nitrogens is 1. The van der Waals surface area contributed by atoms with Crippen LogP contribution in [-0.4, -0.2) is 42.9 Å². The number of ether oxygens (including phenoxy) is 1. The van der Waals surface area contributed by atoms with Crippen molar-refractivity contribution in [3.05, 3.63) is 81.7 Å². The summed E-state index contributed by atoms with van der Waals surface area (Å²) in [6.45, 7) is 2.87. The summed E-state index contributed by atoms with van der Waals surface area (Å²) in [5.41, 5.74) is 3.79. The maximum Gasteiger partial charge on any atom is 0.252 e. The van der Waals surface area contributed by atoms with Gasteiger partial charge in [-0.05, 0) is 97.0 Å². The summed E-state index contributed by atoms with van der Waals surface area (Å²) >= 11 is 0. The Labute approximate surface area is 222 Å². The smallest absolute Gasteiger partial charge is 0.252 e. The molecule has 0 amide bonds. The van der Waals surface area contributed by atoms with Crippen molar-refractivity contribution in [3.63, 3.8) is 0 Å². The summed E-state index contributed by atoms with van der Waals surface area (Å²) in [6, 6.07) is 12.6. The van der Waals surface area contributed by atoms with Crippen molar-refractivity contribution in [2.45, 2.75) is 82.8 Å². The largest absolute Gasteiger partial charge is 0.378 e. The number of pyridine rings is 2. The maximum absolute atomic E-state index is 13.8. The molecule has 8 nitrogen and oxygen atoms in total. The van der Waals surface area contributed by atoms with E-state index in [0.717, 1.165) is 78.5 Å². The van der Waals surface area contributed by atoms with Gasteiger partial charge in [-0.15, -0.1) is 5.10 Å². The number of hydrogen-bond acceptors (Lipinski definition) is 6. The molecule has 1 saturated heterocycles. The molecule has 0 spiro atoms. The van der Waals surface area contributed by atoms with Crippen LogP contribution < -0.4 is 5.56 Å². The molecule has 6 rings (SSSR count). The molecule has 1 aromatic carbocycles. The van der Waals surface area contributed by atoms with Crippen molar-refractivity contribution in [1.29, 1.82) is 0 Å². The number of aromatic nitrogens is 6. The van der Waals surface area contributed by atoms with Crippen LogP contribution in [0.25, 0.3) is 10.9 Å². The van der Waals surface area contributed by atoms with Crippen LogP contribution in [-0.2, 0) is 11.2 Å². The van der Waals surface area contributed by atoms with Crippen molar-refractivity contribution in [1.82, 2.24) is 30.2 Å². The Hall–Kier alpha value is -3.39. The Balaban J connectivity index is 1.50. The molecule has 198 valence electrons. The molecule has 0 radical (unpaired) electrons. The number of fused-ring (bicyclic) bond motifs is 1. The molecule has 3 aromatic heterocycles. The van der Waals surface area contributed by atoms with Crippen LogP contribution >= 0.6 is 0 Å². The first-order chi connectivity index (χ1) is 18.7. The zero-order valence-corrected chi connectivity index (χ0v) is 22.1. The number of tetrazole rings is 1. The molecule has 4 heterocycles. The Morgan fingerprint density at radius 3 is 2.79 bits per heavy atom. The predicted molar refractivity (Wildman–Crippen MR) is 146 cm³/mol. The highest BCUT2D eigenvalue weighted by atomic mass is 16.5. The molecule has 2 fully saturated rings. The second kappa shape index (κ2) is 11.2. The van der Waals surface area contributed by atoms with Crippen molar-refractivity contribution in [2.24, 2.45) is 5.92 Å². The number of aromatic amines is 1. The maximum atomic E-state index is 13.8. The quantitative estimate of drug-likeness (QED) is 0.345. The van der Waals surface area contributed by atoms with Gasteiger partial charge >= 0.3 is 0 Å². The SMILES string of the molecule is Cc1ccc2[nH]c(=O)c([C@H](c3nnnn3C3CCCCC3)[C@H](Cc3cccnc3)C[C@H]3CCCO3)cc2c1. The normalized spacial score (nSPS) is 20.1. The molecule has 1 aliphatic carbocycles. The molecule has 2 aliphatic rings. The van der Waals surface area contributed by atoms with Crippen LogP contribution in [0.5, 0.6) is 0 Å². The third kappa shape index (κ3) is 5.27. The number of benzene rings is 1. The molecule has 38 heavy (non-hydrogen) atoms. The van der Waals surface area contributed by atoms with Crippen molar-refractivity contribution >= 4 is 10.9 Å². The number of aryl methyl sites for hydroxylation is 1. The minimum Gasteiger partial charge on any atom is -0.378 e. The Kier molecular flexibility index (Phi) is 7.31. The van der Waals surface area contributed by atoms with Gasteiger partial charge in [-0.2, -0.15) is 0 Å². The van der Waals surface area contributed by atoms with Gasteiger partial charge in [-0.1, -0.05) is 37.0 Å². The van der Waals surface area contributed by atoms with E-state index in [-0.39, 0.29) is 29.5 Å². The lowest BCUT2D eigenvalue weighted by molar-refractivity contribution is 0.0860. The summed E-state index contributed by atoms with van der Waals surface area (Å²) in [6.07, 6.45) is 13.4. The van der Waals surface area contributed by atoms with Gasteiger partial charge in [0, 0.05) is 30.1 Å². The van der Waals surface area contributed by atoms with E-state index in [9.17, 15) is 4.79 Å². The number of hydrogen-bond donors (Lipinski definition) is 1. The van der Waals surface area contributed by atoms with Crippen molar-refractivity contribution in [3.8, 4) is 0 Å². The van der Waals surface area contributed by atoms with Crippen molar-refractivity contribution < 1.29 is 4.74 Å². The monoisotopic (exact) mass is 512 g/mol. The Morgan fingerprint density at radius 1 is 1.11 bits per heavy atom. The topological polar surface area (TPSA) is 98.6 Å². The van der Waals surface area contributed by atoms with E-state index in [1.54, 1.807) is 6.20 Å². The fraction of sp³-hybridized carbons (Fsp3) is 0.500. The van der Waals surface area contributed by atoms with E-state index in [0.29, 0.717) is 0 Å². The first kappa shape index (κ1) is 24.9. The molecule has 3 atom stereocenters. The molecular weight excluding hydrogens is 476 g/mol. The lowest BCUT2D eigenvalue weighted by Crippen LogP contribution is -2.30. The average Bonchev–Trinajstić information content (AvgIpc) is 3.63. The van der Waals surface area contributed by atoms with Gasteiger partial charge in [0.2, 0.25) is 0 Å². The first-order valence-electron chi connectivity index (χ1n) is 14.1. The van der Waals surface area contributed by atoms with E-state index in [1.165, 1.54) is 19.3 Å². The Bertz CT molecular complexity index is 1420. The first-order valence-corrected chi connectivity index (χ1v) is 14.1. The van der Waals surface area contributed by atoms with Gasteiger partial charge in [0.25, 0.3) is 5.56 Å². The van der Waals surface area contributed by atoms with Crippen LogP contribution in [0, 0.1) is 12.8 Å². The van der Waals surface area contributed by atoms with Crippen LogP contribution in [0.2, 0.25) is 0 Å². The van der Waals surface area contributed by atoms with Crippen molar-refractivity contribution in [2.75, 3.05) is 6.61 Å². The highest BCUT2D eigenvalue weighted by Gasteiger charge is 2.36. The zero-order chi connectivity index (χ0) is 25.9. The minimum absolute atomic E-state index is 0.0685. The fourth-order valence-corrected chi connectivity index (χ4v) is 6.50. The third-order valence-corrected chi connectivity index (χ3v) is 8.36. The van der Waals surface area contributed by atoms with Crippen LogP contribution in [0.3, 0.4) is 0 Å². The van der Waals surface area contributed by atoms with Crippen LogP contribution in [0.1, 0.15) is 85.8 Å². The van der Waals surface area contributed by atoms with Gasteiger partial charge in [0.15, 0.2) is 5.82 Å². The standard InChI is InChI=1S/C30H36N6O2/c1-20-11-12-27-22(15-20)18-26(30(37)32-27)28(29-33-34-35-36(29)24-8-3-2-4-9-24)23(17-25-10-6-14-38-25)16-21-7-5-13-31-19-21/h5,7,11-13,15,18-19,23-25,28H,2-4,6,8-10,14,16-17H2,1H3,(H,32,37)/t23-,25-,28-/m1/s1. The second-order valence-electron chi connectivity index (χ2n) is 11.1. The molecule has 8 heteroatoms. The summed E-state index contributed by atoms with van der Waals surface area (Å²) < 4.78 is 8.16. The molecule has 1 aliphatic heterocycles. The van der Waals surface area contributed by atoms with Gasteiger partial charge in [0.05, 0.1) is 18.1 Å². The highest BCUT2D eigenvalue weighted by molar-refractivity contribution is 5.79. The average molecular weight is 513 g/mol. The number of rotatable bonds is 8. The molecule has 0 bridgehead atoms. The summed E-state index contributed by atoms with van der Waals surface area (Å²) in [5.74, 6) is 0.588. The molecule has 0 unspecified atom stereocenters.